The predicted molar refractivity (Wildman–Crippen MR) is 126 cm³/mol. The molecule has 8 heteroatoms. The smallest absolute Gasteiger partial charge is 0.335 e. The number of nitriles is 1. The highest BCUT2D eigenvalue weighted by Gasteiger charge is 2.13. The molecule has 6 nitrogen and oxygen atoms in total. The number of amides is 1. The molecule has 29 heavy (non-hydrogen) atoms. The monoisotopic (exact) mass is 616 g/mol. The second-order valence-electron chi connectivity index (χ2n) is 6.40. The van der Waals surface area contributed by atoms with Gasteiger partial charge in [0.15, 0.2) is 0 Å². The zero-order valence-electron chi connectivity index (χ0n) is 15.7. The van der Waals surface area contributed by atoms with Gasteiger partial charge < -0.3 is 15.2 Å². The highest BCUT2D eigenvalue weighted by atomic mass is 127. The summed E-state index contributed by atoms with van der Waals surface area (Å²) in [5.41, 5.74) is 1.84. The average Bonchev–Trinajstić information content (AvgIpc) is 2.65. The van der Waals surface area contributed by atoms with E-state index in [1.54, 1.807) is 18.2 Å². The minimum absolute atomic E-state index is 0.0393. The van der Waals surface area contributed by atoms with Crippen LogP contribution in [0.5, 0.6) is 5.75 Å². The molecule has 1 amide bonds. The topological polar surface area (TPSA) is 99.4 Å². The maximum Gasteiger partial charge on any atom is 0.335 e. The fourth-order valence-electron chi connectivity index (χ4n) is 2.35. The highest BCUT2D eigenvalue weighted by molar-refractivity contribution is 14.1. The second kappa shape index (κ2) is 10.6. The molecule has 0 unspecified atom stereocenters. The summed E-state index contributed by atoms with van der Waals surface area (Å²) in [7, 11) is 0. The molecule has 0 spiro atoms. The van der Waals surface area contributed by atoms with Crippen molar-refractivity contribution in [3.8, 4) is 11.8 Å². The molecule has 0 fully saturated rings. The van der Waals surface area contributed by atoms with E-state index < -0.39 is 11.9 Å². The summed E-state index contributed by atoms with van der Waals surface area (Å²) in [5, 5.41) is 20.9. The number of rotatable bonds is 7. The Balaban J connectivity index is 2.18. The molecule has 0 aliphatic carbocycles. The number of hydrogen-bond donors (Lipinski definition) is 2. The van der Waals surface area contributed by atoms with Crippen molar-refractivity contribution in [2.75, 3.05) is 0 Å². The van der Waals surface area contributed by atoms with E-state index in [1.165, 1.54) is 12.1 Å². The summed E-state index contributed by atoms with van der Waals surface area (Å²) in [6.45, 7) is 3.96. The van der Waals surface area contributed by atoms with Crippen LogP contribution in [-0.4, -0.2) is 23.0 Å². The van der Waals surface area contributed by atoms with Crippen molar-refractivity contribution >= 4 is 63.1 Å². The van der Waals surface area contributed by atoms with Gasteiger partial charge in [-0.25, -0.2) is 4.79 Å². The van der Waals surface area contributed by atoms with Crippen LogP contribution in [0.1, 0.15) is 35.3 Å². The molecular weight excluding hydrogens is 598 g/mol. The lowest BCUT2D eigenvalue weighted by Crippen LogP contribution is -2.30. The van der Waals surface area contributed by atoms with Crippen LogP contribution in [0.15, 0.2) is 42.0 Å². The van der Waals surface area contributed by atoms with E-state index in [4.69, 9.17) is 9.84 Å². The number of carboxylic acids is 1. The molecule has 0 bridgehead atoms. The Morgan fingerprint density at radius 1 is 1.21 bits per heavy atom. The van der Waals surface area contributed by atoms with Crippen LogP contribution in [0.3, 0.4) is 0 Å². The predicted octanol–water partition coefficient (Wildman–Crippen LogP) is 4.60. The Morgan fingerprint density at radius 3 is 2.28 bits per heavy atom. The van der Waals surface area contributed by atoms with Crippen LogP contribution in [0, 0.1) is 18.5 Å². The molecular formula is C21H18I2N2O4. The standard InChI is InChI=1S/C21H18I2N2O4/c1-12(2)25-20(26)16(10-24)7-14-8-17(22)19(18(23)9-14)29-11-13-3-5-15(6-4-13)21(27)28/h3-9,12H,11H2,1-2H3,(H,25,26)(H,27,28)/b16-7-. The molecule has 0 heterocycles. The molecule has 150 valence electrons. The summed E-state index contributed by atoms with van der Waals surface area (Å²) in [4.78, 5) is 23.0. The number of nitrogens with one attached hydrogen (secondary N) is 1. The number of nitrogens with zero attached hydrogens (tertiary/aromatic N) is 1. The van der Waals surface area contributed by atoms with E-state index >= 15 is 0 Å². The largest absolute Gasteiger partial charge is 0.487 e. The first-order valence-electron chi connectivity index (χ1n) is 8.58. The maximum atomic E-state index is 12.1. The van der Waals surface area contributed by atoms with Gasteiger partial charge in [0.2, 0.25) is 0 Å². The van der Waals surface area contributed by atoms with E-state index in [0.29, 0.717) is 12.4 Å². The lowest BCUT2D eigenvalue weighted by molar-refractivity contribution is -0.117. The molecule has 2 aromatic carbocycles. The van der Waals surface area contributed by atoms with Crippen molar-refractivity contribution in [3.63, 3.8) is 0 Å². The third-order valence-electron chi connectivity index (χ3n) is 3.70. The zero-order valence-corrected chi connectivity index (χ0v) is 20.0. The number of aromatic carboxylic acids is 1. The Bertz CT molecular complexity index is 970. The van der Waals surface area contributed by atoms with E-state index in [9.17, 15) is 14.9 Å². The third kappa shape index (κ3) is 6.71. The Hall–Kier alpha value is -2.13. The average molecular weight is 616 g/mol. The van der Waals surface area contributed by atoms with E-state index in [1.807, 2.05) is 32.0 Å². The molecule has 0 saturated carbocycles. The van der Waals surface area contributed by atoms with Crippen molar-refractivity contribution in [2.24, 2.45) is 0 Å². The zero-order chi connectivity index (χ0) is 21.6. The minimum atomic E-state index is -0.968. The van der Waals surface area contributed by atoms with Crippen LogP contribution in [0.25, 0.3) is 6.08 Å². The normalized spacial score (nSPS) is 11.1. The van der Waals surface area contributed by atoms with Gasteiger partial charge in [0.1, 0.15) is 24.0 Å². The fraction of sp³-hybridized carbons (Fsp3) is 0.190. The number of benzene rings is 2. The molecule has 0 aliphatic heterocycles. The van der Waals surface area contributed by atoms with Crippen molar-refractivity contribution in [1.82, 2.24) is 5.32 Å². The number of carbonyl (C=O) groups is 2. The SMILES string of the molecule is CC(C)NC(=O)/C(C#N)=C\c1cc(I)c(OCc2ccc(C(=O)O)cc2)c(I)c1. The molecule has 0 aromatic heterocycles. The number of ether oxygens (including phenoxy) is 1. The molecule has 0 saturated heterocycles. The molecule has 0 radical (unpaired) electrons. The van der Waals surface area contributed by atoms with Crippen molar-refractivity contribution in [3.05, 3.63) is 65.8 Å². The first-order chi connectivity index (χ1) is 13.7. The molecule has 0 aliphatic rings. The quantitative estimate of drug-likeness (QED) is 0.269. The summed E-state index contributed by atoms with van der Waals surface area (Å²) >= 11 is 4.29. The maximum absolute atomic E-state index is 12.1. The molecule has 2 rings (SSSR count). The number of halogens is 2. The minimum Gasteiger partial charge on any atom is -0.487 e. The van der Waals surface area contributed by atoms with Gasteiger partial charge in [-0.05, 0) is 100 Å². The van der Waals surface area contributed by atoms with Crippen LogP contribution in [-0.2, 0) is 11.4 Å². The van der Waals surface area contributed by atoms with Gasteiger partial charge in [-0.2, -0.15) is 5.26 Å². The number of hydrogen-bond acceptors (Lipinski definition) is 4. The van der Waals surface area contributed by atoms with Gasteiger partial charge >= 0.3 is 5.97 Å². The summed E-state index contributed by atoms with van der Waals surface area (Å²) in [6.07, 6.45) is 1.55. The van der Waals surface area contributed by atoms with Gasteiger partial charge in [0, 0.05) is 6.04 Å². The van der Waals surface area contributed by atoms with E-state index in [-0.39, 0.29) is 17.2 Å². The van der Waals surface area contributed by atoms with Gasteiger partial charge in [0.05, 0.1) is 12.7 Å². The first-order valence-corrected chi connectivity index (χ1v) is 10.7. The van der Waals surface area contributed by atoms with Gasteiger partial charge in [0.25, 0.3) is 5.91 Å². The van der Waals surface area contributed by atoms with Gasteiger partial charge in [-0.15, -0.1) is 0 Å². The Morgan fingerprint density at radius 2 is 1.79 bits per heavy atom. The van der Waals surface area contributed by atoms with Crippen LogP contribution in [0.4, 0.5) is 0 Å². The van der Waals surface area contributed by atoms with Crippen LogP contribution < -0.4 is 10.1 Å². The lowest BCUT2D eigenvalue weighted by atomic mass is 10.1. The van der Waals surface area contributed by atoms with Gasteiger partial charge in [-0.3, -0.25) is 4.79 Å². The first kappa shape index (κ1) is 23.2. The van der Waals surface area contributed by atoms with Crippen molar-refractivity contribution in [1.29, 1.82) is 5.26 Å². The van der Waals surface area contributed by atoms with Crippen molar-refractivity contribution < 1.29 is 19.4 Å². The second-order valence-corrected chi connectivity index (χ2v) is 8.73. The molecule has 2 aromatic rings. The summed E-state index contributed by atoms with van der Waals surface area (Å²) in [5.74, 6) is -0.683. The fourth-order valence-corrected chi connectivity index (χ4v) is 4.48. The van der Waals surface area contributed by atoms with Crippen LogP contribution in [0.2, 0.25) is 0 Å². The van der Waals surface area contributed by atoms with Crippen molar-refractivity contribution in [2.45, 2.75) is 26.5 Å². The van der Waals surface area contributed by atoms with Gasteiger partial charge in [-0.1, -0.05) is 12.1 Å². The van der Waals surface area contributed by atoms with Crippen LogP contribution >= 0.6 is 45.2 Å². The van der Waals surface area contributed by atoms with E-state index in [2.05, 4.69) is 50.5 Å². The molecule has 0 atom stereocenters. The third-order valence-corrected chi connectivity index (χ3v) is 5.30. The number of carboxylic acid groups (broad SMARTS) is 1. The summed E-state index contributed by atoms with van der Waals surface area (Å²) in [6, 6.07) is 12.1. The number of carbonyl (C=O) groups excluding carboxylic acids is 1. The van der Waals surface area contributed by atoms with E-state index in [0.717, 1.165) is 18.3 Å². The Labute approximate surface area is 196 Å². The highest BCUT2D eigenvalue weighted by Crippen LogP contribution is 2.30. The summed E-state index contributed by atoms with van der Waals surface area (Å²) < 4.78 is 7.59. The lowest BCUT2D eigenvalue weighted by Gasteiger charge is -2.12. The molecule has 2 N–H and O–H groups in total. The Kier molecular flexibility index (Phi) is 8.45.